The summed E-state index contributed by atoms with van der Waals surface area (Å²) < 4.78 is 13.5. The van der Waals surface area contributed by atoms with Crippen molar-refractivity contribution in [1.82, 2.24) is 4.98 Å². The van der Waals surface area contributed by atoms with Gasteiger partial charge in [0.15, 0.2) is 5.13 Å². The number of carbonyl (C=O) groups excluding carboxylic acids is 1. The van der Waals surface area contributed by atoms with E-state index in [1.807, 2.05) is 73.8 Å². The second-order valence-electron chi connectivity index (χ2n) is 6.62. The van der Waals surface area contributed by atoms with E-state index in [2.05, 4.69) is 14.6 Å². The van der Waals surface area contributed by atoms with Gasteiger partial charge in [0.1, 0.15) is 11.5 Å². The average molecular weight is 452 g/mol. The summed E-state index contributed by atoms with van der Waals surface area (Å²) in [6.45, 7) is 0. The Kier molecular flexibility index (Phi) is 6.29. The number of fused-ring (bicyclic) bond motifs is 1. The van der Waals surface area contributed by atoms with Crippen molar-refractivity contribution in [2.24, 2.45) is 0 Å². The van der Waals surface area contributed by atoms with E-state index in [-0.39, 0.29) is 5.91 Å². The third-order valence-corrected chi connectivity index (χ3v) is 6.51. The number of benzene rings is 3. The molecule has 1 heterocycles. The molecule has 6 nitrogen and oxygen atoms in total. The lowest BCUT2D eigenvalue weighted by Gasteiger charge is -2.18. The molecule has 158 valence electrons. The average Bonchev–Trinajstić information content (AvgIpc) is 3.20. The molecule has 0 atom stereocenters. The summed E-state index contributed by atoms with van der Waals surface area (Å²) in [6.07, 6.45) is 0. The van der Waals surface area contributed by atoms with Crippen molar-refractivity contribution in [3.63, 3.8) is 0 Å². The van der Waals surface area contributed by atoms with Crippen LogP contribution in [-0.2, 0) is 0 Å². The molecule has 0 aliphatic carbocycles. The smallest absolute Gasteiger partial charge is 0.257 e. The summed E-state index contributed by atoms with van der Waals surface area (Å²) in [4.78, 5) is 18.1. The number of anilines is 2. The van der Waals surface area contributed by atoms with E-state index in [1.165, 1.54) is 11.3 Å². The number of hydrogen-bond donors (Lipinski definition) is 1. The molecule has 1 N–H and O–H groups in total. The fourth-order valence-electron chi connectivity index (χ4n) is 2.92. The molecule has 0 saturated carbocycles. The zero-order valence-corrected chi connectivity index (χ0v) is 18.9. The zero-order valence-electron chi connectivity index (χ0n) is 17.3. The van der Waals surface area contributed by atoms with Crippen molar-refractivity contribution < 1.29 is 14.3 Å². The van der Waals surface area contributed by atoms with Gasteiger partial charge in [-0.2, -0.15) is 0 Å². The maximum atomic E-state index is 12.6. The van der Waals surface area contributed by atoms with Gasteiger partial charge in [-0.1, -0.05) is 11.3 Å². The van der Waals surface area contributed by atoms with Gasteiger partial charge in [-0.05, 0) is 78.7 Å². The first-order valence-electron chi connectivity index (χ1n) is 9.47. The van der Waals surface area contributed by atoms with Crippen LogP contribution < -0.4 is 19.1 Å². The fraction of sp³-hybridized carbons (Fsp3) is 0.130. The highest BCUT2D eigenvalue weighted by Gasteiger charge is 2.11. The lowest BCUT2D eigenvalue weighted by Crippen LogP contribution is -2.11. The predicted molar refractivity (Wildman–Crippen MR) is 128 cm³/mol. The molecule has 4 rings (SSSR count). The van der Waals surface area contributed by atoms with Gasteiger partial charge in [-0.25, -0.2) is 4.98 Å². The van der Waals surface area contributed by atoms with Crippen molar-refractivity contribution >= 4 is 50.2 Å². The topological polar surface area (TPSA) is 63.7 Å². The Hall–Kier alpha value is -3.23. The lowest BCUT2D eigenvalue weighted by atomic mass is 10.2. The van der Waals surface area contributed by atoms with Gasteiger partial charge in [0.05, 0.1) is 24.4 Å². The van der Waals surface area contributed by atoms with Gasteiger partial charge in [0.25, 0.3) is 5.91 Å². The Bertz CT molecular complexity index is 1190. The van der Waals surface area contributed by atoms with Crippen molar-refractivity contribution in [2.45, 2.75) is 4.90 Å². The van der Waals surface area contributed by atoms with Crippen LogP contribution in [0.15, 0.2) is 71.6 Å². The quantitative estimate of drug-likeness (QED) is 0.363. The number of rotatable bonds is 7. The number of amides is 1. The van der Waals surface area contributed by atoms with E-state index in [4.69, 9.17) is 9.47 Å². The molecule has 1 aromatic heterocycles. The number of carbonyl (C=O) groups is 1. The number of nitrogens with one attached hydrogen (secondary N) is 1. The third-order valence-electron chi connectivity index (χ3n) is 4.61. The van der Waals surface area contributed by atoms with Crippen molar-refractivity contribution in [2.75, 3.05) is 30.9 Å². The number of methoxy groups -OCH3 is 2. The predicted octanol–water partition coefficient (Wildman–Crippen LogP) is 5.71. The third kappa shape index (κ3) is 4.92. The van der Waals surface area contributed by atoms with E-state index < -0.39 is 0 Å². The molecule has 0 aliphatic rings. The molecule has 0 aliphatic heterocycles. The summed E-state index contributed by atoms with van der Waals surface area (Å²) in [7, 11) is 5.27. The molecule has 0 radical (unpaired) electrons. The Morgan fingerprint density at radius 1 is 0.968 bits per heavy atom. The van der Waals surface area contributed by atoms with Crippen LogP contribution >= 0.6 is 23.3 Å². The van der Waals surface area contributed by atoms with E-state index >= 15 is 0 Å². The highest BCUT2D eigenvalue weighted by Crippen LogP contribution is 2.30. The minimum Gasteiger partial charge on any atom is -0.497 e. The van der Waals surface area contributed by atoms with Gasteiger partial charge < -0.3 is 13.8 Å². The summed E-state index contributed by atoms with van der Waals surface area (Å²) in [5, 5.41) is 3.44. The maximum Gasteiger partial charge on any atom is 0.257 e. The van der Waals surface area contributed by atoms with Crippen molar-refractivity contribution in [3.8, 4) is 11.5 Å². The van der Waals surface area contributed by atoms with Gasteiger partial charge in [0, 0.05) is 23.2 Å². The highest BCUT2D eigenvalue weighted by atomic mass is 32.2. The van der Waals surface area contributed by atoms with Crippen LogP contribution in [0.25, 0.3) is 10.2 Å². The number of hydrogen-bond acceptors (Lipinski definition) is 7. The Balaban J connectivity index is 1.40. The van der Waals surface area contributed by atoms with Gasteiger partial charge in [-0.15, -0.1) is 0 Å². The van der Waals surface area contributed by atoms with Crippen LogP contribution in [0.3, 0.4) is 0 Å². The minimum absolute atomic E-state index is 0.189. The molecule has 0 saturated heterocycles. The van der Waals surface area contributed by atoms with Crippen LogP contribution in [0.5, 0.6) is 11.5 Å². The maximum absolute atomic E-state index is 12.6. The molecule has 31 heavy (non-hydrogen) atoms. The number of aromatic nitrogens is 1. The summed E-state index contributed by atoms with van der Waals surface area (Å²) >= 11 is 3.00. The molecule has 0 bridgehead atoms. The summed E-state index contributed by atoms with van der Waals surface area (Å²) in [5.74, 6) is 1.40. The first kappa shape index (κ1) is 21.0. The molecule has 0 spiro atoms. The summed E-state index contributed by atoms with van der Waals surface area (Å²) in [5.41, 5.74) is 2.46. The molecular formula is C23H21N3O3S2. The number of nitrogens with zero attached hydrogens (tertiary/aromatic N) is 2. The van der Waals surface area contributed by atoms with E-state index in [0.29, 0.717) is 10.7 Å². The molecule has 3 aromatic carbocycles. The molecule has 0 fully saturated rings. The molecule has 4 aromatic rings. The number of thiazole rings is 1. The minimum atomic E-state index is -0.189. The Labute approximate surface area is 189 Å². The molecule has 0 unspecified atom stereocenters. The summed E-state index contributed by atoms with van der Waals surface area (Å²) in [6, 6.07) is 21.0. The van der Waals surface area contributed by atoms with Crippen molar-refractivity contribution in [3.05, 3.63) is 72.3 Å². The van der Waals surface area contributed by atoms with Gasteiger partial charge in [-0.3, -0.25) is 10.1 Å². The molecule has 1 amide bonds. The first-order valence-corrected chi connectivity index (χ1v) is 11.1. The second-order valence-corrected chi connectivity index (χ2v) is 8.85. The zero-order chi connectivity index (χ0) is 21.8. The van der Waals surface area contributed by atoms with Crippen LogP contribution in [0.4, 0.5) is 10.8 Å². The molecule has 8 heteroatoms. The monoisotopic (exact) mass is 451 g/mol. The highest BCUT2D eigenvalue weighted by molar-refractivity contribution is 8.00. The fourth-order valence-corrected chi connectivity index (χ4v) is 4.62. The van der Waals surface area contributed by atoms with Crippen LogP contribution in [0, 0.1) is 0 Å². The standard InChI is InChI=1S/C23H21N3O3S2/c1-26(16-6-8-17(28-2)9-7-16)31-19-11-4-15(5-12-19)22(27)25-23-24-20-13-10-18(29-3)14-21(20)30-23/h4-14H,1-3H3,(H,24,25,27). The van der Waals surface area contributed by atoms with Crippen LogP contribution in [0.2, 0.25) is 0 Å². The Morgan fingerprint density at radius 2 is 1.65 bits per heavy atom. The van der Waals surface area contributed by atoms with E-state index in [9.17, 15) is 4.79 Å². The number of ether oxygens (including phenoxy) is 2. The van der Waals surface area contributed by atoms with Crippen LogP contribution in [0.1, 0.15) is 10.4 Å². The van der Waals surface area contributed by atoms with E-state index in [0.717, 1.165) is 32.3 Å². The van der Waals surface area contributed by atoms with Gasteiger partial charge >= 0.3 is 0 Å². The van der Waals surface area contributed by atoms with E-state index in [1.54, 1.807) is 26.2 Å². The largest absolute Gasteiger partial charge is 0.497 e. The van der Waals surface area contributed by atoms with Gasteiger partial charge in [0.2, 0.25) is 0 Å². The van der Waals surface area contributed by atoms with Crippen LogP contribution in [-0.4, -0.2) is 32.2 Å². The first-order chi connectivity index (χ1) is 15.1. The van der Waals surface area contributed by atoms with Crippen molar-refractivity contribution in [1.29, 1.82) is 0 Å². The normalized spacial score (nSPS) is 10.7. The Morgan fingerprint density at radius 3 is 2.32 bits per heavy atom. The lowest BCUT2D eigenvalue weighted by molar-refractivity contribution is 0.102. The SMILES string of the molecule is COc1ccc(N(C)Sc2ccc(C(=O)Nc3nc4ccc(OC)cc4s3)cc2)cc1. The second kappa shape index (κ2) is 9.28. The molecular weight excluding hydrogens is 430 g/mol.